The van der Waals surface area contributed by atoms with E-state index in [-0.39, 0.29) is 11.3 Å². The Bertz CT molecular complexity index is 1030. The number of aromatic nitrogens is 4. The molecule has 0 aliphatic rings. The van der Waals surface area contributed by atoms with Crippen LogP contribution in [0.2, 0.25) is 0 Å². The number of benzene rings is 1. The third-order valence-corrected chi connectivity index (χ3v) is 5.65. The van der Waals surface area contributed by atoms with Crippen molar-refractivity contribution in [1.29, 1.82) is 0 Å². The molecule has 0 radical (unpaired) electrons. The van der Waals surface area contributed by atoms with Crippen molar-refractivity contribution in [2.45, 2.75) is 57.0 Å². The first-order valence-corrected chi connectivity index (χ1v) is 10.6. The van der Waals surface area contributed by atoms with Crippen molar-refractivity contribution in [3.63, 3.8) is 0 Å². The summed E-state index contributed by atoms with van der Waals surface area (Å²) in [6.07, 6.45) is 1.79. The van der Waals surface area contributed by atoms with Gasteiger partial charge in [0.15, 0.2) is 16.8 Å². The summed E-state index contributed by atoms with van der Waals surface area (Å²) >= 11 is 1.34. The van der Waals surface area contributed by atoms with Crippen molar-refractivity contribution in [3.05, 3.63) is 54.3 Å². The van der Waals surface area contributed by atoms with Crippen LogP contribution in [0, 0.1) is 6.92 Å². The second-order valence-corrected chi connectivity index (χ2v) is 9.41. The molecule has 8 heteroatoms. The minimum absolute atomic E-state index is 0.0828. The van der Waals surface area contributed by atoms with Crippen LogP contribution in [0.3, 0.4) is 0 Å². The molecular weight excluding hydrogens is 398 g/mol. The minimum atomic E-state index is -0.397. The molecule has 2 aromatic heterocycles. The molecule has 1 amide bonds. The monoisotopic (exact) mass is 425 g/mol. The molecule has 1 atom stereocenters. The van der Waals surface area contributed by atoms with Crippen LogP contribution in [0.4, 0.5) is 5.82 Å². The molecule has 158 valence electrons. The van der Waals surface area contributed by atoms with Crippen LogP contribution in [-0.4, -0.2) is 31.1 Å². The van der Waals surface area contributed by atoms with E-state index in [1.165, 1.54) is 17.3 Å². The van der Waals surface area contributed by atoms with Gasteiger partial charge >= 0.3 is 0 Å². The summed E-state index contributed by atoms with van der Waals surface area (Å²) in [5, 5.41) is 15.5. The van der Waals surface area contributed by atoms with Gasteiger partial charge in [-0.05, 0) is 24.8 Å². The fourth-order valence-electron chi connectivity index (χ4n) is 2.87. The Hall–Kier alpha value is -2.87. The van der Waals surface area contributed by atoms with Crippen molar-refractivity contribution in [3.8, 4) is 11.4 Å². The average Bonchev–Trinajstić information content (AvgIpc) is 3.27. The number of nitrogens with zero attached hydrogens (tertiary/aromatic N) is 4. The number of carbonyl (C=O) groups is 1. The van der Waals surface area contributed by atoms with Gasteiger partial charge < -0.3 is 9.84 Å². The number of allylic oxidation sites excluding steroid dienone is 1. The van der Waals surface area contributed by atoms with Gasteiger partial charge in [-0.1, -0.05) is 68.0 Å². The second kappa shape index (κ2) is 8.87. The number of thioether (sulfide) groups is 1. The van der Waals surface area contributed by atoms with E-state index in [0.717, 1.165) is 11.4 Å². The zero-order chi connectivity index (χ0) is 21.9. The van der Waals surface area contributed by atoms with Crippen LogP contribution >= 0.6 is 11.8 Å². The largest absolute Gasteiger partial charge is 0.360 e. The first-order chi connectivity index (χ1) is 14.2. The maximum atomic E-state index is 12.5. The molecule has 7 nitrogen and oxygen atoms in total. The molecule has 30 heavy (non-hydrogen) atoms. The predicted octanol–water partition coefficient (Wildman–Crippen LogP) is 4.84. The lowest BCUT2D eigenvalue weighted by molar-refractivity contribution is -0.115. The number of nitrogens with one attached hydrogen (secondary N) is 1. The Morgan fingerprint density at radius 3 is 2.57 bits per heavy atom. The summed E-state index contributed by atoms with van der Waals surface area (Å²) in [6, 6.07) is 10.0. The zero-order valence-corrected chi connectivity index (χ0v) is 18.8. The van der Waals surface area contributed by atoms with Crippen molar-refractivity contribution in [2.75, 3.05) is 5.32 Å². The third-order valence-electron chi connectivity index (χ3n) is 4.57. The quantitative estimate of drug-likeness (QED) is 0.430. The van der Waals surface area contributed by atoms with Gasteiger partial charge in [0.2, 0.25) is 5.91 Å². The van der Waals surface area contributed by atoms with Crippen LogP contribution in [0.15, 0.2) is 52.7 Å². The van der Waals surface area contributed by atoms with Gasteiger partial charge in [-0.15, -0.1) is 16.8 Å². The van der Waals surface area contributed by atoms with E-state index in [9.17, 15) is 4.79 Å². The summed E-state index contributed by atoms with van der Waals surface area (Å²) in [7, 11) is 0. The van der Waals surface area contributed by atoms with Crippen molar-refractivity contribution >= 4 is 23.5 Å². The first-order valence-electron chi connectivity index (χ1n) is 9.75. The van der Waals surface area contributed by atoms with Crippen molar-refractivity contribution < 1.29 is 9.32 Å². The minimum Gasteiger partial charge on any atom is -0.360 e. The molecule has 3 aromatic rings. The topological polar surface area (TPSA) is 85.8 Å². The first kappa shape index (κ1) is 21.8. The van der Waals surface area contributed by atoms with Crippen LogP contribution in [0.25, 0.3) is 11.4 Å². The van der Waals surface area contributed by atoms with Gasteiger partial charge in [0.25, 0.3) is 0 Å². The lowest BCUT2D eigenvalue weighted by Crippen LogP contribution is -2.23. The Morgan fingerprint density at radius 2 is 2.00 bits per heavy atom. The van der Waals surface area contributed by atoms with Crippen LogP contribution < -0.4 is 5.32 Å². The number of rotatable bonds is 7. The summed E-state index contributed by atoms with van der Waals surface area (Å²) in [4.78, 5) is 12.5. The lowest BCUT2D eigenvalue weighted by atomic mass is 9.87. The van der Waals surface area contributed by atoms with E-state index in [0.29, 0.717) is 23.3 Å². The van der Waals surface area contributed by atoms with Gasteiger partial charge in [0.1, 0.15) is 5.76 Å². The molecule has 0 fully saturated rings. The number of hydrogen-bond acceptors (Lipinski definition) is 6. The Kier molecular flexibility index (Phi) is 6.45. The molecule has 0 bridgehead atoms. The highest BCUT2D eigenvalue weighted by Gasteiger charge is 2.22. The van der Waals surface area contributed by atoms with Gasteiger partial charge in [-0.3, -0.25) is 9.36 Å². The molecule has 3 rings (SSSR count). The molecule has 1 aromatic carbocycles. The normalized spacial score (nSPS) is 12.6. The fraction of sp³-hybridized carbons (Fsp3) is 0.364. The molecule has 2 heterocycles. The predicted molar refractivity (Wildman–Crippen MR) is 120 cm³/mol. The molecule has 0 aliphatic carbocycles. The lowest BCUT2D eigenvalue weighted by Gasteiger charge is -2.19. The maximum absolute atomic E-state index is 12.5. The van der Waals surface area contributed by atoms with Gasteiger partial charge in [0.05, 0.1) is 5.25 Å². The summed E-state index contributed by atoms with van der Waals surface area (Å²) in [5.41, 5.74) is 2.31. The van der Waals surface area contributed by atoms with Gasteiger partial charge in [-0.2, -0.15) is 0 Å². The van der Waals surface area contributed by atoms with E-state index < -0.39 is 5.25 Å². The standard InChI is InChI=1S/C22H27N5O2S/c1-7-12-27-19(16-8-10-17(11-9-16)22(4,5)6)24-25-21(27)30-15(3)20(28)23-18-13-14(2)29-26-18/h7-11,13,15H,1,12H2,2-6H3,(H,23,26,28)/t15-/m1/s1. The fourth-order valence-corrected chi connectivity index (χ4v) is 3.73. The van der Waals surface area contributed by atoms with Crippen LogP contribution in [-0.2, 0) is 16.8 Å². The van der Waals surface area contributed by atoms with E-state index in [1.807, 2.05) is 11.5 Å². The van der Waals surface area contributed by atoms with Crippen LogP contribution in [0.5, 0.6) is 0 Å². The number of anilines is 1. The SMILES string of the molecule is C=CCn1c(S[C@H](C)C(=O)Nc2cc(C)on2)nnc1-c1ccc(C(C)(C)C)cc1. The van der Waals surface area contributed by atoms with Gasteiger partial charge in [0, 0.05) is 18.2 Å². The third kappa shape index (κ3) is 4.99. The highest BCUT2D eigenvalue weighted by atomic mass is 32.2. The number of hydrogen-bond donors (Lipinski definition) is 1. The Balaban J connectivity index is 1.80. The number of aryl methyl sites for hydroxylation is 1. The highest BCUT2D eigenvalue weighted by molar-refractivity contribution is 8.00. The smallest absolute Gasteiger partial charge is 0.238 e. The van der Waals surface area contributed by atoms with E-state index >= 15 is 0 Å². The van der Waals surface area contributed by atoms with Crippen molar-refractivity contribution in [2.24, 2.45) is 0 Å². The summed E-state index contributed by atoms with van der Waals surface area (Å²) in [5.74, 6) is 1.60. The molecule has 0 saturated heterocycles. The van der Waals surface area contributed by atoms with E-state index in [2.05, 4.69) is 72.3 Å². The zero-order valence-electron chi connectivity index (χ0n) is 18.0. The van der Waals surface area contributed by atoms with Crippen molar-refractivity contribution in [1.82, 2.24) is 19.9 Å². The summed E-state index contributed by atoms with van der Waals surface area (Å²) in [6.45, 7) is 14.5. The Labute approximate surface area is 180 Å². The molecule has 0 unspecified atom stereocenters. The molecule has 0 aliphatic heterocycles. The second-order valence-electron chi connectivity index (χ2n) is 8.10. The van der Waals surface area contributed by atoms with Gasteiger partial charge in [-0.25, -0.2) is 0 Å². The number of carbonyl (C=O) groups excluding carboxylic acids is 1. The molecule has 0 spiro atoms. The van der Waals surface area contributed by atoms with Crippen LogP contribution in [0.1, 0.15) is 39.0 Å². The number of amides is 1. The average molecular weight is 426 g/mol. The van der Waals surface area contributed by atoms with E-state index in [1.54, 1.807) is 19.1 Å². The Morgan fingerprint density at radius 1 is 1.30 bits per heavy atom. The summed E-state index contributed by atoms with van der Waals surface area (Å²) < 4.78 is 6.95. The highest BCUT2D eigenvalue weighted by Crippen LogP contribution is 2.29. The molecule has 0 saturated carbocycles. The molecule has 1 N–H and O–H groups in total. The molecular formula is C22H27N5O2S. The maximum Gasteiger partial charge on any atom is 0.238 e. The van der Waals surface area contributed by atoms with E-state index in [4.69, 9.17) is 4.52 Å².